The maximum absolute atomic E-state index is 12.6. The molecule has 1 aliphatic carbocycles. The van der Waals surface area contributed by atoms with Crippen molar-refractivity contribution in [2.75, 3.05) is 11.1 Å². The predicted octanol–water partition coefficient (Wildman–Crippen LogP) is 4.07. The lowest BCUT2D eigenvalue weighted by Gasteiger charge is -2.24. The lowest BCUT2D eigenvalue weighted by Crippen LogP contribution is -2.34. The van der Waals surface area contributed by atoms with Crippen LogP contribution in [-0.2, 0) is 28.6 Å². The first kappa shape index (κ1) is 22.1. The molecule has 2 aromatic carbocycles. The lowest BCUT2D eigenvalue weighted by atomic mass is 9.93. The van der Waals surface area contributed by atoms with Gasteiger partial charge in [-0.3, -0.25) is 4.68 Å². The maximum atomic E-state index is 12.6. The first-order chi connectivity index (χ1) is 15.4. The molecule has 3 aromatic rings. The second-order valence-electron chi connectivity index (χ2n) is 8.11. The zero-order valence-electron chi connectivity index (χ0n) is 18.1. The number of aromatic nitrogens is 2. The highest BCUT2D eigenvalue weighted by molar-refractivity contribution is 7.90. The van der Waals surface area contributed by atoms with Crippen LogP contribution in [0.4, 0.5) is 10.5 Å². The molecular formula is C24H28N4O3S. The number of carbonyl (C=O) groups excluding carboxylic acids is 1. The third-order valence-corrected chi connectivity index (χ3v) is 7.43. The van der Waals surface area contributed by atoms with Crippen LogP contribution in [0.1, 0.15) is 48.2 Å². The highest BCUT2D eigenvalue weighted by Gasteiger charge is 2.25. The third kappa shape index (κ3) is 5.37. The van der Waals surface area contributed by atoms with Crippen molar-refractivity contribution < 1.29 is 13.2 Å². The molecule has 1 atom stereocenters. The summed E-state index contributed by atoms with van der Waals surface area (Å²) < 4.78 is 25.6. The molecule has 0 radical (unpaired) electrons. The number of benzene rings is 2. The highest BCUT2D eigenvalue weighted by Crippen LogP contribution is 2.30. The van der Waals surface area contributed by atoms with Crippen LogP contribution in [0.3, 0.4) is 0 Å². The monoisotopic (exact) mass is 452 g/mol. The average Bonchev–Trinajstić information content (AvgIpc) is 3.19. The Balaban J connectivity index is 1.38. The van der Waals surface area contributed by atoms with Gasteiger partial charge in [-0.1, -0.05) is 49.4 Å². The topological polar surface area (TPSA) is 93.1 Å². The van der Waals surface area contributed by atoms with Crippen LogP contribution in [0, 0.1) is 0 Å². The summed E-state index contributed by atoms with van der Waals surface area (Å²) in [5.41, 5.74) is 4.77. The van der Waals surface area contributed by atoms with Crippen LogP contribution >= 0.6 is 0 Å². The van der Waals surface area contributed by atoms with Crippen molar-refractivity contribution in [1.29, 1.82) is 0 Å². The minimum atomic E-state index is -3.08. The number of fused-ring (bicyclic) bond motifs is 1. The van der Waals surface area contributed by atoms with E-state index in [0.29, 0.717) is 11.3 Å². The summed E-state index contributed by atoms with van der Waals surface area (Å²) in [4.78, 5) is 12.6. The summed E-state index contributed by atoms with van der Waals surface area (Å²) in [5.74, 6) is 0.120. The molecule has 1 heterocycles. The maximum Gasteiger partial charge on any atom is 0.319 e. The van der Waals surface area contributed by atoms with Gasteiger partial charge in [-0.25, -0.2) is 13.2 Å². The first-order valence-corrected chi connectivity index (χ1v) is 12.7. The molecule has 7 nitrogen and oxygen atoms in total. The van der Waals surface area contributed by atoms with E-state index >= 15 is 0 Å². The van der Waals surface area contributed by atoms with Gasteiger partial charge >= 0.3 is 6.03 Å². The van der Waals surface area contributed by atoms with Gasteiger partial charge in [0, 0.05) is 22.7 Å². The number of urea groups is 1. The molecule has 168 valence electrons. The number of hydrogen-bond donors (Lipinski definition) is 2. The van der Waals surface area contributed by atoms with E-state index in [2.05, 4.69) is 27.9 Å². The number of nitrogens with one attached hydrogen (secondary N) is 2. The van der Waals surface area contributed by atoms with Gasteiger partial charge in [0.05, 0.1) is 24.5 Å². The third-order valence-electron chi connectivity index (χ3n) is 5.78. The minimum absolute atomic E-state index is 0.00774. The van der Waals surface area contributed by atoms with E-state index in [9.17, 15) is 13.2 Å². The van der Waals surface area contributed by atoms with E-state index in [-0.39, 0.29) is 23.6 Å². The SMILES string of the molecule is CCS(=O)(=O)Cc1ccc(NC(=O)NC2CCCc3c2cnn3Cc2ccccc2)cc1. The van der Waals surface area contributed by atoms with Crippen molar-refractivity contribution in [2.24, 2.45) is 0 Å². The number of sulfone groups is 1. The fraction of sp³-hybridized carbons (Fsp3) is 0.333. The molecule has 0 saturated heterocycles. The predicted molar refractivity (Wildman–Crippen MR) is 125 cm³/mol. The molecule has 2 amide bonds. The van der Waals surface area contributed by atoms with Crippen molar-refractivity contribution in [3.05, 3.63) is 83.2 Å². The molecule has 8 heteroatoms. The van der Waals surface area contributed by atoms with Crippen LogP contribution in [0.15, 0.2) is 60.8 Å². The molecule has 0 saturated carbocycles. The standard InChI is InChI=1S/C24H28N4O3S/c1-2-32(30,31)17-19-11-13-20(14-12-19)26-24(29)27-22-9-6-10-23-21(22)15-25-28(23)16-18-7-4-3-5-8-18/h3-5,7-8,11-15,22H,2,6,9-10,16-17H2,1H3,(H2,26,27,29). The van der Waals surface area contributed by atoms with Crippen LogP contribution in [0.25, 0.3) is 0 Å². The van der Waals surface area contributed by atoms with Crippen LogP contribution in [-0.4, -0.2) is 30.0 Å². The summed E-state index contributed by atoms with van der Waals surface area (Å²) in [6, 6.07) is 16.8. The van der Waals surface area contributed by atoms with Gasteiger partial charge in [-0.15, -0.1) is 0 Å². The number of carbonyl (C=O) groups is 1. The quantitative estimate of drug-likeness (QED) is 0.565. The number of amides is 2. The molecule has 0 bridgehead atoms. The molecule has 32 heavy (non-hydrogen) atoms. The van der Waals surface area contributed by atoms with E-state index in [1.165, 1.54) is 11.3 Å². The molecule has 1 aliphatic rings. The molecule has 0 fully saturated rings. The average molecular weight is 453 g/mol. The van der Waals surface area contributed by atoms with Gasteiger partial charge in [0.25, 0.3) is 0 Å². The van der Waals surface area contributed by atoms with Gasteiger partial charge in [0.1, 0.15) is 0 Å². The molecule has 2 N–H and O–H groups in total. The largest absolute Gasteiger partial charge is 0.331 e. The lowest BCUT2D eigenvalue weighted by molar-refractivity contribution is 0.247. The Labute approximate surface area is 188 Å². The Morgan fingerprint density at radius 3 is 2.56 bits per heavy atom. The molecule has 0 spiro atoms. The zero-order valence-corrected chi connectivity index (χ0v) is 18.9. The number of anilines is 1. The molecular weight excluding hydrogens is 424 g/mol. The number of hydrogen-bond acceptors (Lipinski definition) is 4. The van der Waals surface area contributed by atoms with E-state index in [0.717, 1.165) is 31.4 Å². The molecule has 1 aromatic heterocycles. The van der Waals surface area contributed by atoms with Crippen molar-refractivity contribution in [3.8, 4) is 0 Å². The van der Waals surface area contributed by atoms with Crippen molar-refractivity contribution in [3.63, 3.8) is 0 Å². The van der Waals surface area contributed by atoms with Crippen molar-refractivity contribution in [2.45, 2.75) is 44.5 Å². The summed E-state index contributed by atoms with van der Waals surface area (Å²) >= 11 is 0. The molecule has 0 aliphatic heterocycles. The van der Waals surface area contributed by atoms with Crippen molar-refractivity contribution >= 4 is 21.6 Å². The fourth-order valence-corrected chi connectivity index (χ4v) is 4.93. The highest BCUT2D eigenvalue weighted by atomic mass is 32.2. The van der Waals surface area contributed by atoms with Gasteiger partial charge < -0.3 is 10.6 Å². The number of rotatable bonds is 7. The fourth-order valence-electron chi connectivity index (χ4n) is 4.03. The Morgan fingerprint density at radius 2 is 1.84 bits per heavy atom. The zero-order chi connectivity index (χ0) is 22.6. The Morgan fingerprint density at radius 1 is 1.09 bits per heavy atom. The normalized spacial score (nSPS) is 15.7. The van der Waals surface area contributed by atoms with Crippen LogP contribution in [0.2, 0.25) is 0 Å². The van der Waals surface area contributed by atoms with Crippen LogP contribution in [0.5, 0.6) is 0 Å². The van der Waals surface area contributed by atoms with E-state index in [4.69, 9.17) is 0 Å². The summed E-state index contributed by atoms with van der Waals surface area (Å²) in [6.07, 6.45) is 4.67. The Hall–Kier alpha value is -3.13. The second kappa shape index (κ2) is 9.56. The summed E-state index contributed by atoms with van der Waals surface area (Å²) in [7, 11) is -3.08. The van der Waals surface area contributed by atoms with E-state index in [1.807, 2.05) is 29.1 Å². The summed E-state index contributed by atoms with van der Waals surface area (Å²) in [5, 5.41) is 10.5. The van der Waals surface area contributed by atoms with E-state index in [1.54, 1.807) is 31.2 Å². The molecule has 1 unspecified atom stereocenters. The smallest absolute Gasteiger partial charge is 0.319 e. The molecule has 4 rings (SSSR count). The van der Waals surface area contributed by atoms with E-state index < -0.39 is 9.84 Å². The Kier molecular flexibility index (Phi) is 6.60. The van der Waals surface area contributed by atoms with Crippen LogP contribution < -0.4 is 10.6 Å². The second-order valence-corrected chi connectivity index (χ2v) is 10.5. The minimum Gasteiger partial charge on any atom is -0.331 e. The summed E-state index contributed by atoms with van der Waals surface area (Å²) in [6.45, 7) is 2.35. The van der Waals surface area contributed by atoms with Gasteiger partial charge in [-0.05, 0) is 42.5 Å². The number of nitrogens with zero attached hydrogens (tertiary/aromatic N) is 2. The van der Waals surface area contributed by atoms with Gasteiger partial charge in [-0.2, -0.15) is 5.10 Å². The Bertz CT molecular complexity index is 1170. The first-order valence-electron chi connectivity index (χ1n) is 10.9. The van der Waals surface area contributed by atoms with Gasteiger partial charge in [0.2, 0.25) is 0 Å². The van der Waals surface area contributed by atoms with Crippen molar-refractivity contribution in [1.82, 2.24) is 15.1 Å². The van der Waals surface area contributed by atoms with Gasteiger partial charge in [0.15, 0.2) is 9.84 Å².